The average molecular weight is 530 g/mol. The lowest BCUT2D eigenvalue weighted by molar-refractivity contribution is -0.120. The molecule has 4 aromatic rings. The summed E-state index contributed by atoms with van der Waals surface area (Å²) < 4.78 is 11.1. The Morgan fingerprint density at radius 2 is 1.71 bits per heavy atom. The largest absolute Gasteiger partial charge is 0.494 e. The van der Waals surface area contributed by atoms with Gasteiger partial charge in [-0.25, -0.2) is 10.2 Å². The van der Waals surface area contributed by atoms with Gasteiger partial charge < -0.3 is 14.8 Å². The van der Waals surface area contributed by atoms with E-state index in [4.69, 9.17) is 21.1 Å². The van der Waals surface area contributed by atoms with Crippen LogP contribution in [0.1, 0.15) is 33.2 Å². The van der Waals surface area contributed by atoms with Crippen LogP contribution in [0.2, 0.25) is 5.02 Å². The predicted molar refractivity (Wildman–Crippen MR) is 146 cm³/mol. The summed E-state index contributed by atoms with van der Waals surface area (Å²) in [6.07, 6.45) is 1.40. The number of ether oxygens (including phenoxy) is 2. The van der Waals surface area contributed by atoms with E-state index < -0.39 is 17.8 Å². The summed E-state index contributed by atoms with van der Waals surface area (Å²) in [4.78, 5) is 37.3. The van der Waals surface area contributed by atoms with Crippen molar-refractivity contribution in [2.45, 2.75) is 6.92 Å². The van der Waals surface area contributed by atoms with Gasteiger partial charge in [-0.1, -0.05) is 48.0 Å². The lowest BCUT2D eigenvalue weighted by Crippen LogP contribution is -2.34. The molecule has 0 unspecified atom stereocenters. The van der Waals surface area contributed by atoms with E-state index in [-0.39, 0.29) is 12.3 Å². The molecule has 0 saturated carbocycles. The van der Waals surface area contributed by atoms with Crippen molar-refractivity contribution >= 4 is 46.4 Å². The Kier molecular flexibility index (Phi) is 8.69. The number of nitrogens with zero attached hydrogens (tertiary/aromatic N) is 1. The standard InChI is InChI=1S/C29H24ClN3O5/c1-2-37-23-13-10-20(11-14-23)29(36)38-26-15-12-19-6-3-4-9-24(19)25(26)17-32-33-27(34)18-31-28(35)21-7-5-8-22(30)16-21/h3-17H,2,18H2,1H3,(H,31,35)(H,33,34)/b32-17+. The van der Waals surface area contributed by atoms with Gasteiger partial charge in [-0.05, 0) is 66.2 Å². The molecule has 2 amide bonds. The Hall–Kier alpha value is -4.69. The van der Waals surface area contributed by atoms with Gasteiger partial charge >= 0.3 is 5.97 Å². The van der Waals surface area contributed by atoms with Crippen molar-refractivity contribution in [2.24, 2.45) is 5.10 Å². The zero-order valence-corrected chi connectivity index (χ0v) is 21.2. The molecule has 0 aromatic heterocycles. The fourth-order valence-corrected chi connectivity index (χ4v) is 3.80. The van der Waals surface area contributed by atoms with E-state index in [1.165, 1.54) is 12.3 Å². The van der Waals surface area contributed by atoms with Crippen LogP contribution in [0.25, 0.3) is 10.8 Å². The van der Waals surface area contributed by atoms with Crippen LogP contribution in [-0.4, -0.2) is 37.1 Å². The molecule has 9 heteroatoms. The highest BCUT2D eigenvalue weighted by atomic mass is 35.5. The molecule has 192 valence electrons. The van der Waals surface area contributed by atoms with Gasteiger partial charge in [0.2, 0.25) is 0 Å². The van der Waals surface area contributed by atoms with Gasteiger partial charge in [0.15, 0.2) is 0 Å². The molecule has 2 N–H and O–H groups in total. The molecule has 0 atom stereocenters. The fourth-order valence-electron chi connectivity index (χ4n) is 3.61. The molecule has 38 heavy (non-hydrogen) atoms. The molecule has 0 spiro atoms. The van der Waals surface area contributed by atoms with Crippen molar-refractivity contribution in [3.63, 3.8) is 0 Å². The maximum Gasteiger partial charge on any atom is 0.343 e. The van der Waals surface area contributed by atoms with Crippen LogP contribution in [0.5, 0.6) is 11.5 Å². The van der Waals surface area contributed by atoms with Gasteiger partial charge in [-0.2, -0.15) is 5.10 Å². The lowest BCUT2D eigenvalue weighted by Gasteiger charge is -2.11. The summed E-state index contributed by atoms with van der Waals surface area (Å²) in [5.41, 5.74) is 3.58. The van der Waals surface area contributed by atoms with E-state index in [0.717, 1.165) is 10.8 Å². The number of nitrogens with one attached hydrogen (secondary N) is 2. The van der Waals surface area contributed by atoms with E-state index in [9.17, 15) is 14.4 Å². The highest BCUT2D eigenvalue weighted by molar-refractivity contribution is 6.31. The summed E-state index contributed by atoms with van der Waals surface area (Å²) in [5.74, 6) is -0.600. The van der Waals surface area contributed by atoms with Gasteiger partial charge in [0.1, 0.15) is 11.5 Å². The van der Waals surface area contributed by atoms with Crippen molar-refractivity contribution in [2.75, 3.05) is 13.2 Å². The van der Waals surface area contributed by atoms with E-state index >= 15 is 0 Å². The minimum atomic E-state index is -0.550. The van der Waals surface area contributed by atoms with Crippen molar-refractivity contribution in [1.82, 2.24) is 10.7 Å². The zero-order chi connectivity index (χ0) is 26.9. The normalized spacial score (nSPS) is 10.8. The van der Waals surface area contributed by atoms with Crippen molar-refractivity contribution < 1.29 is 23.9 Å². The number of benzene rings is 4. The monoisotopic (exact) mass is 529 g/mol. The second-order valence-electron chi connectivity index (χ2n) is 8.03. The number of hydrogen-bond acceptors (Lipinski definition) is 6. The van der Waals surface area contributed by atoms with E-state index in [0.29, 0.717) is 34.1 Å². The molecule has 0 aliphatic heterocycles. The molecule has 0 aliphatic rings. The van der Waals surface area contributed by atoms with Gasteiger partial charge in [-0.3, -0.25) is 9.59 Å². The first-order valence-electron chi connectivity index (χ1n) is 11.8. The van der Waals surface area contributed by atoms with Crippen molar-refractivity contribution in [3.8, 4) is 11.5 Å². The number of rotatable bonds is 9. The third-order valence-corrected chi connectivity index (χ3v) is 5.65. The highest BCUT2D eigenvalue weighted by Crippen LogP contribution is 2.27. The smallest absolute Gasteiger partial charge is 0.343 e. The number of hydrazone groups is 1. The topological polar surface area (TPSA) is 106 Å². The molecule has 0 saturated heterocycles. The Balaban J connectivity index is 1.46. The van der Waals surface area contributed by atoms with Crippen LogP contribution >= 0.6 is 11.6 Å². The number of hydrogen-bond donors (Lipinski definition) is 2. The van der Waals surface area contributed by atoms with Crippen LogP contribution in [0.4, 0.5) is 0 Å². The average Bonchev–Trinajstić information content (AvgIpc) is 2.93. The van der Waals surface area contributed by atoms with Crippen molar-refractivity contribution in [3.05, 3.63) is 107 Å². The van der Waals surface area contributed by atoms with Gasteiger partial charge in [0.25, 0.3) is 11.8 Å². The minimum Gasteiger partial charge on any atom is -0.494 e. The molecular formula is C29H24ClN3O5. The maximum atomic E-state index is 12.8. The SMILES string of the molecule is CCOc1ccc(C(=O)Oc2ccc3ccccc3c2/C=N/NC(=O)CNC(=O)c2cccc(Cl)c2)cc1. The van der Waals surface area contributed by atoms with Crippen LogP contribution < -0.4 is 20.2 Å². The van der Waals surface area contributed by atoms with Crippen molar-refractivity contribution in [1.29, 1.82) is 0 Å². The summed E-state index contributed by atoms with van der Waals surface area (Å²) in [5, 5.41) is 8.62. The Bertz CT molecular complexity index is 1500. The van der Waals surface area contributed by atoms with E-state index in [1.807, 2.05) is 37.3 Å². The van der Waals surface area contributed by atoms with Gasteiger partial charge in [0.05, 0.1) is 24.9 Å². The fraction of sp³-hybridized carbons (Fsp3) is 0.103. The molecule has 0 aliphatic carbocycles. The number of amides is 2. The Morgan fingerprint density at radius 3 is 2.47 bits per heavy atom. The van der Waals surface area contributed by atoms with Crippen LogP contribution in [0.15, 0.2) is 90.0 Å². The molecule has 0 radical (unpaired) electrons. The summed E-state index contributed by atoms with van der Waals surface area (Å²) in [7, 11) is 0. The molecule has 0 bridgehead atoms. The first-order valence-corrected chi connectivity index (χ1v) is 12.1. The molecular weight excluding hydrogens is 506 g/mol. The van der Waals surface area contributed by atoms with Crippen LogP contribution in [0.3, 0.4) is 0 Å². The third-order valence-electron chi connectivity index (χ3n) is 5.41. The first kappa shape index (κ1) is 26.4. The molecule has 8 nitrogen and oxygen atoms in total. The summed E-state index contributed by atoms with van der Waals surface area (Å²) in [6, 6.07) is 24.0. The van der Waals surface area contributed by atoms with E-state index in [2.05, 4.69) is 15.8 Å². The number of carbonyl (C=O) groups excluding carboxylic acids is 3. The Morgan fingerprint density at radius 1 is 0.921 bits per heavy atom. The minimum absolute atomic E-state index is 0.273. The quantitative estimate of drug-likeness (QED) is 0.137. The van der Waals surface area contributed by atoms with Crippen LogP contribution in [0, 0.1) is 0 Å². The van der Waals surface area contributed by atoms with E-state index in [1.54, 1.807) is 48.5 Å². The Labute approximate surface area is 224 Å². The third kappa shape index (κ3) is 6.74. The zero-order valence-electron chi connectivity index (χ0n) is 20.4. The number of esters is 1. The first-order chi connectivity index (χ1) is 18.4. The molecule has 0 fully saturated rings. The molecule has 4 aromatic carbocycles. The second-order valence-corrected chi connectivity index (χ2v) is 8.47. The summed E-state index contributed by atoms with van der Waals surface area (Å²) >= 11 is 5.90. The number of halogens is 1. The predicted octanol–water partition coefficient (Wildman–Crippen LogP) is 4.99. The highest BCUT2D eigenvalue weighted by Gasteiger charge is 2.14. The number of carbonyl (C=O) groups is 3. The lowest BCUT2D eigenvalue weighted by atomic mass is 10.0. The molecule has 0 heterocycles. The number of fused-ring (bicyclic) bond motifs is 1. The maximum absolute atomic E-state index is 12.8. The van der Waals surface area contributed by atoms with Gasteiger partial charge in [-0.15, -0.1) is 0 Å². The second kappa shape index (κ2) is 12.5. The van der Waals surface area contributed by atoms with Crippen LogP contribution in [-0.2, 0) is 4.79 Å². The molecule has 4 rings (SSSR count). The van der Waals surface area contributed by atoms with Gasteiger partial charge in [0, 0.05) is 16.1 Å². The summed E-state index contributed by atoms with van der Waals surface area (Å²) in [6.45, 7) is 2.11.